The van der Waals surface area contributed by atoms with E-state index in [1.54, 1.807) is 4.90 Å². The summed E-state index contributed by atoms with van der Waals surface area (Å²) in [6, 6.07) is 3.20. The zero-order valence-corrected chi connectivity index (χ0v) is 12.7. The van der Waals surface area contributed by atoms with Gasteiger partial charge in [0, 0.05) is 18.2 Å². The third-order valence-electron chi connectivity index (χ3n) is 4.13. The Morgan fingerprint density at radius 3 is 2.62 bits per heavy atom. The predicted octanol–water partition coefficient (Wildman–Crippen LogP) is 3.22. The summed E-state index contributed by atoms with van der Waals surface area (Å²) in [5, 5.41) is 3.22. The molecule has 1 aromatic carbocycles. The van der Waals surface area contributed by atoms with E-state index in [1.165, 1.54) is 12.1 Å². The summed E-state index contributed by atoms with van der Waals surface area (Å²) >= 11 is 0. The lowest BCUT2D eigenvalue weighted by atomic mass is 9.99. The molecule has 1 aliphatic heterocycles. The lowest BCUT2D eigenvalue weighted by molar-refractivity contribution is -0.131. The van der Waals surface area contributed by atoms with E-state index in [-0.39, 0.29) is 17.9 Å². The van der Waals surface area contributed by atoms with Crippen LogP contribution in [-0.4, -0.2) is 23.4 Å². The third kappa shape index (κ3) is 3.07. The minimum atomic E-state index is -0.619. The van der Waals surface area contributed by atoms with Crippen molar-refractivity contribution in [2.24, 2.45) is 5.92 Å². The van der Waals surface area contributed by atoms with Gasteiger partial charge in [-0.3, -0.25) is 10.1 Å². The van der Waals surface area contributed by atoms with Crippen molar-refractivity contribution >= 4 is 5.91 Å². The second-order valence-electron chi connectivity index (χ2n) is 5.63. The SMILES string of the molecule is CCCN1C(=O)C(C(C)CC)NC1c1ccc(F)cc1F. The molecule has 1 saturated heterocycles. The number of halogens is 2. The fraction of sp³-hybridized carbons (Fsp3) is 0.562. The van der Waals surface area contributed by atoms with E-state index in [4.69, 9.17) is 0 Å². The number of benzene rings is 1. The van der Waals surface area contributed by atoms with Crippen LogP contribution in [0.3, 0.4) is 0 Å². The van der Waals surface area contributed by atoms with Gasteiger partial charge in [-0.25, -0.2) is 8.78 Å². The van der Waals surface area contributed by atoms with Crippen molar-refractivity contribution in [1.29, 1.82) is 0 Å². The molecule has 3 atom stereocenters. The summed E-state index contributed by atoms with van der Waals surface area (Å²) in [5.74, 6) is -1.06. The van der Waals surface area contributed by atoms with Gasteiger partial charge in [0.1, 0.15) is 17.8 Å². The van der Waals surface area contributed by atoms with Gasteiger partial charge >= 0.3 is 0 Å². The lowest BCUT2D eigenvalue weighted by Crippen LogP contribution is -2.35. The van der Waals surface area contributed by atoms with Crippen LogP contribution in [0.2, 0.25) is 0 Å². The van der Waals surface area contributed by atoms with Crippen LogP contribution in [0.15, 0.2) is 18.2 Å². The zero-order chi connectivity index (χ0) is 15.6. The van der Waals surface area contributed by atoms with E-state index in [2.05, 4.69) is 5.32 Å². The predicted molar refractivity (Wildman–Crippen MR) is 77.5 cm³/mol. The van der Waals surface area contributed by atoms with Gasteiger partial charge in [0.05, 0.1) is 6.04 Å². The maximum absolute atomic E-state index is 14.0. The zero-order valence-electron chi connectivity index (χ0n) is 12.7. The summed E-state index contributed by atoms with van der Waals surface area (Å²) in [4.78, 5) is 14.2. The van der Waals surface area contributed by atoms with Gasteiger partial charge in [0.25, 0.3) is 0 Å². The van der Waals surface area contributed by atoms with Crippen LogP contribution in [0.1, 0.15) is 45.3 Å². The summed E-state index contributed by atoms with van der Waals surface area (Å²) < 4.78 is 27.1. The molecule has 1 aliphatic rings. The maximum atomic E-state index is 14.0. The highest BCUT2D eigenvalue weighted by molar-refractivity contribution is 5.84. The van der Waals surface area contributed by atoms with E-state index in [9.17, 15) is 13.6 Å². The first-order valence-electron chi connectivity index (χ1n) is 7.51. The number of nitrogens with one attached hydrogen (secondary N) is 1. The minimum absolute atomic E-state index is 0.0000694. The van der Waals surface area contributed by atoms with Crippen LogP contribution < -0.4 is 5.32 Å². The van der Waals surface area contributed by atoms with Crippen molar-refractivity contribution < 1.29 is 13.6 Å². The maximum Gasteiger partial charge on any atom is 0.241 e. The van der Waals surface area contributed by atoms with Crippen LogP contribution in [0.5, 0.6) is 0 Å². The standard InChI is InChI=1S/C16H22F2N2O/c1-4-8-20-15(12-7-6-11(17)9-13(12)18)19-14(16(20)21)10(3)5-2/h6-7,9-10,14-15,19H,4-5,8H2,1-3H3. The van der Waals surface area contributed by atoms with Gasteiger partial charge in [-0.2, -0.15) is 0 Å². The quantitative estimate of drug-likeness (QED) is 0.905. The molecule has 1 heterocycles. The molecule has 0 radical (unpaired) electrons. The Morgan fingerprint density at radius 1 is 1.33 bits per heavy atom. The van der Waals surface area contributed by atoms with Gasteiger partial charge in [0.2, 0.25) is 5.91 Å². The van der Waals surface area contributed by atoms with Gasteiger partial charge < -0.3 is 4.90 Å². The number of carbonyl (C=O) groups is 1. The van der Waals surface area contributed by atoms with Crippen LogP contribution in [0.4, 0.5) is 8.78 Å². The number of carbonyl (C=O) groups excluding carboxylic acids is 1. The molecule has 0 bridgehead atoms. The molecule has 21 heavy (non-hydrogen) atoms. The van der Waals surface area contributed by atoms with Gasteiger partial charge in [-0.1, -0.05) is 27.2 Å². The largest absolute Gasteiger partial charge is 0.321 e. The molecule has 1 aromatic rings. The van der Waals surface area contributed by atoms with E-state index >= 15 is 0 Å². The Morgan fingerprint density at radius 2 is 2.05 bits per heavy atom. The molecule has 0 aliphatic carbocycles. The summed E-state index contributed by atoms with van der Waals surface area (Å²) in [5.41, 5.74) is 0.323. The van der Waals surface area contributed by atoms with Gasteiger partial charge in [-0.05, 0) is 24.5 Å². The summed E-state index contributed by atoms with van der Waals surface area (Å²) in [6.45, 7) is 6.56. The molecule has 1 fully saturated rings. The number of rotatable bonds is 5. The highest BCUT2D eigenvalue weighted by atomic mass is 19.1. The Balaban J connectivity index is 2.33. The summed E-state index contributed by atoms with van der Waals surface area (Å²) in [6.07, 6.45) is 1.14. The second-order valence-corrected chi connectivity index (χ2v) is 5.63. The van der Waals surface area contributed by atoms with Crippen molar-refractivity contribution in [3.63, 3.8) is 0 Å². The number of hydrogen-bond donors (Lipinski definition) is 1. The number of hydrogen-bond acceptors (Lipinski definition) is 2. The van der Waals surface area contributed by atoms with E-state index in [0.29, 0.717) is 12.1 Å². The first-order valence-corrected chi connectivity index (χ1v) is 7.51. The Bertz CT molecular complexity index is 521. The van der Waals surface area contributed by atoms with Crippen LogP contribution in [0, 0.1) is 17.6 Å². The van der Waals surface area contributed by atoms with Crippen LogP contribution in [-0.2, 0) is 4.79 Å². The molecule has 1 N–H and O–H groups in total. The molecule has 5 heteroatoms. The van der Waals surface area contributed by atoms with Crippen molar-refractivity contribution in [2.75, 3.05) is 6.54 Å². The molecular weight excluding hydrogens is 274 g/mol. The Hall–Kier alpha value is -1.49. The van der Waals surface area contributed by atoms with E-state index in [1.807, 2.05) is 20.8 Å². The molecule has 116 valence electrons. The molecule has 3 unspecified atom stereocenters. The van der Waals surface area contributed by atoms with Crippen molar-refractivity contribution in [1.82, 2.24) is 10.2 Å². The highest BCUT2D eigenvalue weighted by Crippen LogP contribution is 2.30. The number of amides is 1. The topological polar surface area (TPSA) is 32.3 Å². The lowest BCUT2D eigenvalue weighted by Gasteiger charge is -2.24. The van der Waals surface area contributed by atoms with Crippen molar-refractivity contribution in [3.8, 4) is 0 Å². The highest BCUT2D eigenvalue weighted by Gasteiger charge is 2.42. The van der Waals surface area contributed by atoms with E-state index in [0.717, 1.165) is 18.9 Å². The first kappa shape index (κ1) is 15.9. The Kier molecular flexibility index (Phi) is 4.93. The first-order chi connectivity index (χ1) is 9.99. The van der Waals surface area contributed by atoms with Gasteiger partial charge in [-0.15, -0.1) is 0 Å². The van der Waals surface area contributed by atoms with Crippen molar-refractivity contribution in [3.05, 3.63) is 35.4 Å². The van der Waals surface area contributed by atoms with Crippen LogP contribution >= 0.6 is 0 Å². The molecule has 2 rings (SSSR count). The fourth-order valence-corrected chi connectivity index (χ4v) is 2.74. The fourth-order valence-electron chi connectivity index (χ4n) is 2.74. The molecule has 0 spiro atoms. The van der Waals surface area contributed by atoms with Gasteiger partial charge in [0.15, 0.2) is 0 Å². The normalized spacial score (nSPS) is 23.7. The summed E-state index contributed by atoms with van der Waals surface area (Å²) in [7, 11) is 0. The third-order valence-corrected chi connectivity index (χ3v) is 4.13. The average molecular weight is 296 g/mol. The molecule has 1 amide bonds. The Labute approximate surface area is 124 Å². The smallest absolute Gasteiger partial charge is 0.241 e. The van der Waals surface area contributed by atoms with Crippen molar-refractivity contribution in [2.45, 2.75) is 45.8 Å². The number of nitrogens with zero attached hydrogens (tertiary/aromatic N) is 1. The average Bonchev–Trinajstić information content (AvgIpc) is 2.76. The van der Waals surface area contributed by atoms with E-state index < -0.39 is 17.8 Å². The van der Waals surface area contributed by atoms with Crippen LogP contribution in [0.25, 0.3) is 0 Å². The minimum Gasteiger partial charge on any atom is -0.321 e. The molecular formula is C16H22F2N2O. The molecule has 0 aromatic heterocycles. The molecule has 3 nitrogen and oxygen atoms in total. The monoisotopic (exact) mass is 296 g/mol. The molecule has 0 saturated carbocycles. The second kappa shape index (κ2) is 6.52.